The Labute approximate surface area is 174 Å². The molecule has 0 aliphatic carbocycles. The van der Waals surface area contributed by atoms with E-state index < -0.39 is 0 Å². The number of aliphatic imine (C=N–C) groups is 1. The fourth-order valence-corrected chi connectivity index (χ4v) is 2.39. The molecular weight excluding hydrogens is 439 g/mol. The van der Waals surface area contributed by atoms with Gasteiger partial charge in [0.05, 0.1) is 12.7 Å². The highest BCUT2D eigenvalue weighted by Gasteiger charge is 2.19. The predicted molar refractivity (Wildman–Crippen MR) is 118 cm³/mol. The summed E-state index contributed by atoms with van der Waals surface area (Å²) in [7, 11) is 1.77. The summed E-state index contributed by atoms with van der Waals surface area (Å²) in [6.45, 7) is 9.84. The molecule has 0 saturated heterocycles. The van der Waals surface area contributed by atoms with Gasteiger partial charge in [0, 0.05) is 19.0 Å². The summed E-state index contributed by atoms with van der Waals surface area (Å²) in [5, 5.41) is 6.56. The van der Waals surface area contributed by atoms with Crippen LogP contribution in [0, 0.1) is 0 Å². The summed E-state index contributed by atoms with van der Waals surface area (Å²) < 4.78 is 5.78. The number of benzene rings is 1. The predicted octanol–water partition coefficient (Wildman–Crippen LogP) is 4.06. The lowest BCUT2D eigenvalue weighted by atomic mass is 9.94. The molecule has 0 aliphatic rings. The van der Waals surface area contributed by atoms with Gasteiger partial charge < -0.3 is 15.1 Å². The third-order valence-electron chi connectivity index (χ3n) is 4.06. The van der Waals surface area contributed by atoms with E-state index in [0.29, 0.717) is 12.4 Å². The van der Waals surface area contributed by atoms with Gasteiger partial charge in [0.25, 0.3) is 0 Å². The molecule has 144 valence electrons. The van der Waals surface area contributed by atoms with Gasteiger partial charge in [0.15, 0.2) is 5.96 Å². The van der Waals surface area contributed by atoms with Crippen LogP contribution in [-0.2, 0) is 24.8 Å². The lowest BCUT2D eigenvalue weighted by Gasteiger charge is -2.13. The molecule has 2 aromatic rings. The van der Waals surface area contributed by atoms with E-state index in [9.17, 15) is 0 Å². The minimum Gasteiger partial charge on any atom is -0.443 e. The Morgan fingerprint density at radius 2 is 1.77 bits per heavy atom. The van der Waals surface area contributed by atoms with Crippen LogP contribution in [0.15, 0.2) is 39.9 Å². The zero-order valence-electron chi connectivity index (χ0n) is 16.4. The molecule has 6 heteroatoms. The number of nitrogens with zero attached hydrogens (tertiary/aromatic N) is 2. The van der Waals surface area contributed by atoms with Crippen LogP contribution in [0.2, 0.25) is 0 Å². The normalized spacial score (nSPS) is 11.8. The Kier molecular flexibility index (Phi) is 9.12. The van der Waals surface area contributed by atoms with Crippen molar-refractivity contribution in [1.82, 2.24) is 15.6 Å². The number of oxazole rings is 1. The molecule has 0 atom stereocenters. The number of nitrogens with one attached hydrogen (secondary N) is 2. The average molecular weight is 470 g/mol. The molecule has 0 bridgehead atoms. The lowest BCUT2D eigenvalue weighted by molar-refractivity contribution is 0.379. The van der Waals surface area contributed by atoms with Crippen LogP contribution in [0.3, 0.4) is 0 Å². The molecule has 1 aromatic carbocycles. The van der Waals surface area contributed by atoms with Crippen LogP contribution in [0.25, 0.3) is 0 Å². The quantitative estimate of drug-likeness (QED) is 0.380. The Balaban J connectivity index is 0.00000338. The number of aromatic nitrogens is 1. The van der Waals surface area contributed by atoms with Crippen LogP contribution < -0.4 is 10.6 Å². The van der Waals surface area contributed by atoms with Crippen molar-refractivity contribution in [2.45, 2.75) is 52.5 Å². The first-order valence-corrected chi connectivity index (χ1v) is 8.90. The van der Waals surface area contributed by atoms with Gasteiger partial charge in [-0.3, -0.25) is 4.99 Å². The summed E-state index contributed by atoms with van der Waals surface area (Å²) in [4.78, 5) is 8.56. The van der Waals surface area contributed by atoms with Crippen molar-refractivity contribution < 1.29 is 4.42 Å². The zero-order chi connectivity index (χ0) is 18.3. The Bertz CT molecular complexity index is 687. The van der Waals surface area contributed by atoms with E-state index >= 15 is 0 Å². The van der Waals surface area contributed by atoms with Gasteiger partial charge in [0.2, 0.25) is 5.89 Å². The maximum absolute atomic E-state index is 5.78. The van der Waals surface area contributed by atoms with Gasteiger partial charge in [-0.1, -0.05) is 52.0 Å². The van der Waals surface area contributed by atoms with E-state index in [0.717, 1.165) is 31.1 Å². The lowest BCUT2D eigenvalue weighted by Crippen LogP contribution is -2.37. The Morgan fingerprint density at radius 3 is 2.31 bits per heavy atom. The van der Waals surface area contributed by atoms with E-state index in [1.54, 1.807) is 13.2 Å². The van der Waals surface area contributed by atoms with E-state index in [1.165, 1.54) is 11.1 Å². The number of rotatable bonds is 6. The van der Waals surface area contributed by atoms with Crippen LogP contribution in [-0.4, -0.2) is 24.5 Å². The third kappa shape index (κ3) is 6.97. The largest absolute Gasteiger partial charge is 0.443 e. The Hall–Kier alpha value is -1.57. The van der Waals surface area contributed by atoms with E-state index in [2.05, 4.69) is 72.6 Å². The number of guanidine groups is 1. The molecule has 1 aromatic heterocycles. The number of aryl methyl sites for hydroxylation is 1. The highest BCUT2D eigenvalue weighted by molar-refractivity contribution is 14.0. The highest BCUT2D eigenvalue weighted by Crippen LogP contribution is 2.22. The van der Waals surface area contributed by atoms with Gasteiger partial charge in [-0.05, 0) is 24.0 Å². The highest BCUT2D eigenvalue weighted by atomic mass is 127. The van der Waals surface area contributed by atoms with Gasteiger partial charge in [-0.2, -0.15) is 0 Å². The van der Waals surface area contributed by atoms with Crippen molar-refractivity contribution in [3.8, 4) is 0 Å². The minimum absolute atomic E-state index is 0. The molecule has 2 N–H and O–H groups in total. The van der Waals surface area contributed by atoms with E-state index in [-0.39, 0.29) is 29.4 Å². The van der Waals surface area contributed by atoms with E-state index in [4.69, 9.17) is 4.42 Å². The van der Waals surface area contributed by atoms with Gasteiger partial charge in [-0.25, -0.2) is 4.98 Å². The SMILES string of the molecule is CCc1ccc(CCNC(=NC)NCc2ncc(C(C)(C)C)o2)cc1.I. The van der Waals surface area contributed by atoms with Crippen LogP contribution >= 0.6 is 24.0 Å². The molecule has 0 spiro atoms. The summed E-state index contributed by atoms with van der Waals surface area (Å²) >= 11 is 0. The fourth-order valence-electron chi connectivity index (χ4n) is 2.39. The van der Waals surface area contributed by atoms with Crippen LogP contribution in [0.4, 0.5) is 0 Å². The molecular formula is C20H31IN4O. The van der Waals surface area contributed by atoms with E-state index in [1.807, 2.05) is 0 Å². The first-order chi connectivity index (χ1) is 11.9. The van der Waals surface area contributed by atoms with Crippen LogP contribution in [0.1, 0.15) is 50.5 Å². The molecule has 5 nitrogen and oxygen atoms in total. The molecule has 0 fully saturated rings. The topological polar surface area (TPSA) is 62.5 Å². The van der Waals surface area contributed by atoms with Crippen LogP contribution in [0.5, 0.6) is 0 Å². The monoisotopic (exact) mass is 470 g/mol. The van der Waals surface area contributed by atoms with Crippen molar-refractivity contribution in [1.29, 1.82) is 0 Å². The maximum Gasteiger partial charge on any atom is 0.213 e. The molecule has 0 saturated carbocycles. The molecule has 0 unspecified atom stereocenters. The number of hydrogen-bond acceptors (Lipinski definition) is 3. The smallest absolute Gasteiger partial charge is 0.213 e. The molecule has 0 aliphatic heterocycles. The summed E-state index contributed by atoms with van der Waals surface area (Å²) in [5.41, 5.74) is 2.66. The second kappa shape index (κ2) is 10.5. The molecule has 26 heavy (non-hydrogen) atoms. The van der Waals surface area contributed by atoms with Gasteiger partial charge >= 0.3 is 0 Å². The number of halogens is 1. The van der Waals surface area contributed by atoms with Gasteiger partial charge in [0.1, 0.15) is 5.76 Å². The molecule has 1 heterocycles. The molecule has 0 amide bonds. The second-order valence-corrected chi connectivity index (χ2v) is 7.14. The third-order valence-corrected chi connectivity index (χ3v) is 4.06. The second-order valence-electron chi connectivity index (χ2n) is 7.14. The first-order valence-electron chi connectivity index (χ1n) is 8.90. The average Bonchev–Trinajstić information content (AvgIpc) is 3.08. The fraction of sp³-hybridized carbons (Fsp3) is 0.500. The maximum atomic E-state index is 5.78. The van der Waals surface area contributed by atoms with Crippen molar-refractivity contribution in [2.75, 3.05) is 13.6 Å². The standard InChI is InChI=1S/C20H30N4O.HI/c1-6-15-7-9-16(10-8-15)11-12-22-19(21-5)24-14-18-23-13-17(25-18)20(2,3)4;/h7-10,13H,6,11-12,14H2,1-5H3,(H2,21,22,24);1H. The Morgan fingerprint density at radius 1 is 1.12 bits per heavy atom. The summed E-state index contributed by atoms with van der Waals surface area (Å²) in [6.07, 6.45) is 3.83. The first kappa shape index (κ1) is 22.5. The summed E-state index contributed by atoms with van der Waals surface area (Å²) in [5.74, 6) is 2.31. The van der Waals surface area contributed by atoms with Crippen molar-refractivity contribution in [3.05, 3.63) is 53.2 Å². The molecule has 2 rings (SSSR count). The zero-order valence-corrected chi connectivity index (χ0v) is 18.8. The van der Waals surface area contributed by atoms with Crippen molar-refractivity contribution in [2.24, 2.45) is 4.99 Å². The molecule has 0 radical (unpaired) electrons. The van der Waals surface area contributed by atoms with Crippen molar-refractivity contribution in [3.63, 3.8) is 0 Å². The number of hydrogen-bond donors (Lipinski definition) is 2. The summed E-state index contributed by atoms with van der Waals surface area (Å²) in [6, 6.07) is 8.77. The van der Waals surface area contributed by atoms with Crippen molar-refractivity contribution >= 4 is 29.9 Å². The minimum atomic E-state index is -0.0293. The van der Waals surface area contributed by atoms with Gasteiger partial charge in [-0.15, -0.1) is 24.0 Å².